The topological polar surface area (TPSA) is 94.8 Å². The predicted molar refractivity (Wildman–Crippen MR) is 166 cm³/mol. The van der Waals surface area contributed by atoms with Crippen LogP contribution in [0.1, 0.15) is 121 Å². The minimum absolute atomic E-state index is 0.0195. The highest BCUT2D eigenvalue weighted by Gasteiger charge is 2.57. The Bertz CT molecular complexity index is 1120. The Morgan fingerprint density at radius 2 is 1.56 bits per heavy atom. The van der Waals surface area contributed by atoms with Crippen LogP contribution in [0.15, 0.2) is 18.2 Å². The van der Waals surface area contributed by atoms with Crippen molar-refractivity contribution in [2.75, 3.05) is 11.5 Å². The number of phenolic OH excluding ortho intramolecular Hbond substituents is 1. The summed E-state index contributed by atoms with van der Waals surface area (Å²) in [6.07, 6.45) is 5.97. The van der Waals surface area contributed by atoms with Crippen LogP contribution in [-0.4, -0.2) is 55.2 Å². The number of rotatable bonds is 14. The molecular formula is C34H51F5O5S. The monoisotopic (exact) mass is 666 g/mol. The quantitative estimate of drug-likeness (QED) is 0.136. The average Bonchev–Trinajstić information content (AvgIpc) is 3.24. The fraction of sp³-hybridized carbons (Fsp3) is 0.794. The van der Waals surface area contributed by atoms with Crippen LogP contribution in [0.4, 0.5) is 22.0 Å². The molecule has 3 aliphatic rings. The maximum Gasteiger partial charge on any atom is 0.453 e. The van der Waals surface area contributed by atoms with Gasteiger partial charge in [-0.05, 0) is 104 Å². The second-order valence-electron chi connectivity index (χ2n) is 13.7. The van der Waals surface area contributed by atoms with Crippen LogP contribution in [0.25, 0.3) is 0 Å². The number of hydrogen-bond donors (Lipinski definition) is 3. The SMILES string of the molecule is CC(=O)O.C[C@]12CCC3c4ccc(O)cc4C[C@@H](CCCCCCCCCS(=O)CCCC(F)(F)C(F)(F)F)C3C1CC[C@@H]2O. The summed E-state index contributed by atoms with van der Waals surface area (Å²) in [6.45, 7) is 3.39. The first-order chi connectivity index (χ1) is 21.1. The van der Waals surface area contributed by atoms with Crippen molar-refractivity contribution in [2.24, 2.45) is 23.2 Å². The smallest absolute Gasteiger partial charge is 0.453 e. The van der Waals surface area contributed by atoms with Crippen molar-refractivity contribution in [3.63, 3.8) is 0 Å². The van der Waals surface area contributed by atoms with Gasteiger partial charge in [-0.3, -0.25) is 9.00 Å². The third-order valence-corrected chi connectivity index (χ3v) is 12.0. The molecule has 2 fully saturated rings. The van der Waals surface area contributed by atoms with Crippen molar-refractivity contribution in [2.45, 2.75) is 134 Å². The number of carbonyl (C=O) groups is 1. The lowest BCUT2D eigenvalue weighted by Gasteiger charge is -2.53. The molecule has 11 heteroatoms. The molecule has 5 nitrogen and oxygen atoms in total. The zero-order chi connectivity index (χ0) is 33.4. The third kappa shape index (κ3) is 10.1. The Morgan fingerprint density at radius 1 is 0.956 bits per heavy atom. The molecule has 0 saturated heterocycles. The molecule has 3 N–H and O–H groups in total. The molecule has 3 aliphatic carbocycles. The number of alkyl halides is 5. The molecule has 0 aromatic heterocycles. The van der Waals surface area contributed by atoms with Gasteiger partial charge in [-0.25, -0.2) is 0 Å². The molecule has 0 amide bonds. The zero-order valence-electron chi connectivity index (χ0n) is 26.6. The first-order valence-corrected chi connectivity index (χ1v) is 18.0. The van der Waals surface area contributed by atoms with E-state index in [1.54, 1.807) is 0 Å². The summed E-state index contributed by atoms with van der Waals surface area (Å²) in [4.78, 5) is 9.00. The lowest BCUT2D eigenvalue weighted by atomic mass is 9.52. The number of aliphatic hydroxyl groups excluding tert-OH is 1. The number of aliphatic hydroxyl groups is 1. The van der Waals surface area contributed by atoms with E-state index in [4.69, 9.17) is 9.90 Å². The molecule has 0 spiro atoms. The van der Waals surface area contributed by atoms with Crippen LogP contribution >= 0.6 is 0 Å². The molecule has 0 aliphatic heterocycles. The summed E-state index contributed by atoms with van der Waals surface area (Å²) in [7, 11) is -1.35. The van der Waals surface area contributed by atoms with E-state index in [-0.39, 0.29) is 17.3 Å². The number of carboxylic acid groups (broad SMARTS) is 1. The summed E-state index contributed by atoms with van der Waals surface area (Å²) in [6, 6.07) is 5.92. The van der Waals surface area contributed by atoms with Gasteiger partial charge in [-0.2, -0.15) is 22.0 Å². The van der Waals surface area contributed by atoms with Crippen LogP contribution in [0.3, 0.4) is 0 Å². The molecule has 1 aromatic rings. The maximum atomic E-state index is 13.0. The molecule has 7 atom stereocenters. The number of hydrogen-bond acceptors (Lipinski definition) is 4. The van der Waals surface area contributed by atoms with Crippen molar-refractivity contribution < 1.29 is 46.3 Å². The number of carboxylic acids is 1. The normalized spacial score (nSPS) is 28.3. The van der Waals surface area contributed by atoms with Gasteiger partial charge in [0.1, 0.15) is 5.75 Å². The number of aromatic hydroxyl groups is 1. The van der Waals surface area contributed by atoms with Crippen molar-refractivity contribution >= 4 is 16.8 Å². The van der Waals surface area contributed by atoms with E-state index in [0.717, 1.165) is 84.0 Å². The van der Waals surface area contributed by atoms with Gasteiger partial charge < -0.3 is 15.3 Å². The minimum atomic E-state index is -5.54. The molecule has 0 heterocycles. The lowest BCUT2D eigenvalue weighted by molar-refractivity contribution is -0.284. The Labute approximate surface area is 266 Å². The summed E-state index contributed by atoms with van der Waals surface area (Å²) in [5.41, 5.74) is 2.73. The van der Waals surface area contributed by atoms with E-state index in [1.165, 1.54) is 11.1 Å². The van der Waals surface area contributed by atoms with E-state index in [1.807, 2.05) is 12.1 Å². The van der Waals surface area contributed by atoms with Gasteiger partial charge in [0.2, 0.25) is 0 Å². The molecule has 4 rings (SSSR count). The van der Waals surface area contributed by atoms with Gasteiger partial charge in [0.25, 0.3) is 5.97 Å². The second kappa shape index (κ2) is 16.4. The highest BCUT2D eigenvalue weighted by atomic mass is 32.2. The van der Waals surface area contributed by atoms with Crippen molar-refractivity contribution in [3.8, 4) is 5.75 Å². The number of aliphatic carboxylic acids is 1. The fourth-order valence-corrected chi connectivity index (χ4v) is 9.48. The summed E-state index contributed by atoms with van der Waals surface area (Å²) < 4.78 is 74.5. The zero-order valence-corrected chi connectivity index (χ0v) is 27.4. The van der Waals surface area contributed by atoms with Crippen LogP contribution in [0, 0.1) is 23.2 Å². The van der Waals surface area contributed by atoms with Gasteiger partial charge >= 0.3 is 12.1 Å². The maximum absolute atomic E-state index is 13.0. The van der Waals surface area contributed by atoms with Gasteiger partial charge in [0.05, 0.1) is 6.10 Å². The Hall–Kier alpha value is -1.75. The van der Waals surface area contributed by atoms with Crippen molar-refractivity contribution in [1.29, 1.82) is 0 Å². The summed E-state index contributed by atoms with van der Waals surface area (Å²) in [5, 5.41) is 28.4. The molecule has 4 unspecified atom stereocenters. The highest BCUT2D eigenvalue weighted by Crippen LogP contribution is 2.62. The van der Waals surface area contributed by atoms with Gasteiger partial charge in [0, 0.05) is 35.6 Å². The number of fused-ring (bicyclic) bond motifs is 5. The van der Waals surface area contributed by atoms with Crippen LogP contribution in [-0.2, 0) is 22.0 Å². The molecule has 0 bridgehead atoms. The second-order valence-corrected chi connectivity index (χ2v) is 15.4. The third-order valence-electron chi connectivity index (χ3n) is 10.6. The van der Waals surface area contributed by atoms with E-state index in [0.29, 0.717) is 41.6 Å². The average molecular weight is 667 g/mol. The minimum Gasteiger partial charge on any atom is -0.508 e. The Balaban J connectivity index is 0.00000130. The van der Waals surface area contributed by atoms with E-state index in [9.17, 15) is 36.4 Å². The molecule has 0 radical (unpaired) electrons. The van der Waals surface area contributed by atoms with E-state index >= 15 is 0 Å². The standard InChI is InChI=1S/C32H47F5O3S.C2H4O2/c1-30-17-15-26-25-12-11-24(38)21-23(25)20-22(29(26)27(30)13-14-28(30)39)10-7-5-3-2-4-6-8-18-41(40)19-9-16-31(33,34)32(35,36)37;1-2(3)4/h11-12,21-22,26-29,38-39H,2-10,13-20H2,1H3;1H3,(H,3,4)/t22-,26?,27?,28+,29?,30+,41?;/m1./s1. The summed E-state index contributed by atoms with van der Waals surface area (Å²) in [5.74, 6) is -2.75. The fourth-order valence-electron chi connectivity index (χ4n) is 8.28. The molecule has 258 valence electrons. The van der Waals surface area contributed by atoms with Crippen LogP contribution < -0.4 is 0 Å². The van der Waals surface area contributed by atoms with E-state index < -0.39 is 41.7 Å². The van der Waals surface area contributed by atoms with Crippen LogP contribution in [0.5, 0.6) is 5.75 Å². The van der Waals surface area contributed by atoms with Crippen molar-refractivity contribution in [1.82, 2.24) is 0 Å². The number of halogens is 5. The Morgan fingerprint density at radius 3 is 2.20 bits per heavy atom. The van der Waals surface area contributed by atoms with Crippen molar-refractivity contribution in [3.05, 3.63) is 29.3 Å². The summed E-state index contributed by atoms with van der Waals surface area (Å²) >= 11 is 0. The molecule has 1 aromatic carbocycles. The predicted octanol–water partition coefficient (Wildman–Crippen LogP) is 8.77. The number of phenols is 1. The lowest BCUT2D eigenvalue weighted by Crippen LogP contribution is -2.47. The molecule has 45 heavy (non-hydrogen) atoms. The molecule has 2 saturated carbocycles. The van der Waals surface area contributed by atoms with E-state index in [2.05, 4.69) is 13.0 Å². The first kappa shape index (κ1) is 37.7. The number of unbranched alkanes of at least 4 members (excludes halogenated alkanes) is 6. The Kier molecular flexibility index (Phi) is 13.7. The van der Waals surface area contributed by atoms with Crippen LogP contribution in [0.2, 0.25) is 0 Å². The van der Waals surface area contributed by atoms with Gasteiger partial charge in [-0.1, -0.05) is 51.5 Å². The van der Waals surface area contributed by atoms with Gasteiger partial charge in [-0.15, -0.1) is 0 Å². The first-order valence-electron chi connectivity index (χ1n) is 16.6. The van der Waals surface area contributed by atoms with Gasteiger partial charge in [0.15, 0.2) is 0 Å². The number of benzene rings is 1. The largest absolute Gasteiger partial charge is 0.508 e. The highest BCUT2D eigenvalue weighted by molar-refractivity contribution is 7.84. The molecular weight excluding hydrogens is 615 g/mol.